The van der Waals surface area contributed by atoms with Crippen LogP contribution in [0.1, 0.15) is 35.6 Å². The van der Waals surface area contributed by atoms with Crippen molar-refractivity contribution in [3.8, 4) is 17.2 Å². The third kappa shape index (κ3) is 3.62. The predicted octanol–water partition coefficient (Wildman–Crippen LogP) is 3.45. The Balaban J connectivity index is 1.77. The Morgan fingerprint density at radius 2 is 1.81 bits per heavy atom. The third-order valence-electron chi connectivity index (χ3n) is 4.84. The number of ether oxygens (including phenoxy) is 3. The summed E-state index contributed by atoms with van der Waals surface area (Å²) in [7, 11) is 4.70. The summed E-state index contributed by atoms with van der Waals surface area (Å²) in [5.41, 5.74) is 3.32. The quantitative estimate of drug-likeness (QED) is 0.862. The topological polar surface area (TPSA) is 56.8 Å². The Kier molecular flexibility index (Phi) is 5.66. The van der Waals surface area contributed by atoms with Crippen LogP contribution in [-0.2, 0) is 17.6 Å². The van der Waals surface area contributed by atoms with Crippen LogP contribution in [0.15, 0.2) is 36.4 Å². The molecule has 138 valence electrons. The minimum atomic E-state index is -0.0303. The van der Waals surface area contributed by atoms with Crippen molar-refractivity contribution in [2.75, 3.05) is 21.3 Å². The van der Waals surface area contributed by atoms with E-state index in [0.29, 0.717) is 17.2 Å². The van der Waals surface area contributed by atoms with Gasteiger partial charge in [-0.1, -0.05) is 30.3 Å². The van der Waals surface area contributed by atoms with Crippen molar-refractivity contribution in [1.82, 2.24) is 5.32 Å². The molecule has 0 saturated carbocycles. The largest absolute Gasteiger partial charge is 0.493 e. The highest BCUT2D eigenvalue weighted by molar-refractivity contribution is 5.80. The van der Waals surface area contributed by atoms with Gasteiger partial charge in [0.2, 0.25) is 11.7 Å². The molecule has 2 aromatic carbocycles. The Labute approximate surface area is 154 Å². The van der Waals surface area contributed by atoms with Gasteiger partial charge >= 0.3 is 0 Å². The summed E-state index contributed by atoms with van der Waals surface area (Å²) in [6, 6.07) is 12.0. The molecule has 1 aliphatic carbocycles. The first-order chi connectivity index (χ1) is 12.7. The van der Waals surface area contributed by atoms with Crippen molar-refractivity contribution in [1.29, 1.82) is 0 Å². The zero-order valence-electron chi connectivity index (χ0n) is 15.5. The monoisotopic (exact) mass is 355 g/mol. The molecule has 0 fully saturated rings. The predicted molar refractivity (Wildman–Crippen MR) is 100 cm³/mol. The van der Waals surface area contributed by atoms with Gasteiger partial charge in [-0.2, -0.15) is 0 Å². The molecule has 5 nitrogen and oxygen atoms in total. The van der Waals surface area contributed by atoms with E-state index in [1.807, 2.05) is 12.1 Å². The van der Waals surface area contributed by atoms with Gasteiger partial charge in [-0.05, 0) is 36.5 Å². The van der Waals surface area contributed by atoms with Crippen LogP contribution >= 0.6 is 0 Å². The number of rotatable bonds is 6. The van der Waals surface area contributed by atoms with E-state index in [0.717, 1.165) is 24.8 Å². The lowest BCUT2D eigenvalue weighted by Gasteiger charge is -2.26. The highest BCUT2D eigenvalue weighted by atomic mass is 16.5. The van der Waals surface area contributed by atoms with Crippen LogP contribution in [0.2, 0.25) is 0 Å². The fourth-order valence-electron chi connectivity index (χ4n) is 3.62. The number of carbonyl (C=O) groups is 1. The average Bonchev–Trinajstić information content (AvgIpc) is 2.67. The molecular formula is C21H25NO4. The van der Waals surface area contributed by atoms with E-state index in [1.54, 1.807) is 27.4 Å². The van der Waals surface area contributed by atoms with Crippen LogP contribution in [-0.4, -0.2) is 27.2 Å². The number of nitrogens with one attached hydrogen (secondary N) is 1. The zero-order chi connectivity index (χ0) is 18.5. The first-order valence-corrected chi connectivity index (χ1v) is 8.83. The molecule has 1 amide bonds. The molecule has 0 radical (unpaired) electrons. The maximum Gasteiger partial charge on any atom is 0.225 e. The van der Waals surface area contributed by atoms with E-state index >= 15 is 0 Å². The number of fused-ring (bicyclic) bond motifs is 1. The second kappa shape index (κ2) is 8.13. The molecule has 0 aliphatic heterocycles. The smallest absolute Gasteiger partial charge is 0.225 e. The van der Waals surface area contributed by atoms with Crippen molar-refractivity contribution in [2.24, 2.45) is 0 Å². The number of methoxy groups -OCH3 is 3. The van der Waals surface area contributed by atoms with Gasteiger partial charge in [-0.15, -0.1) is 0 Å². The van der Waals surface area contributed by atoms with Crippen LogP contribution in [0.25, 0.3) is 0 Å². The molecule has 0 heterocycles. The van der Waals surface area contributed by atoms with Gasteiger partial charge in [0.1, 0.15) is 0 Å². The van der Waals surface area contributed by atoms with Gasteiger partial charge in [0.05, 0.1) is 33.8 Å². The molecule has 2 aromatic rings. The molecule has 0 saturated heterocycles. The summed E-state index contributed by atoms with van der Waals surface area (Å²) in [5.74, 6) is 1.58. The Morgan fingerprint density at radius 1 is 1.04 bits per heavy atom. The van der Waals surface area contributed by atoms with E-state index in [9.17, 15) is 4.79 Å². The first kappa shape index (κ1) is 18.1. The summed E-state index contributed by atoms with van der Waals surface area (Å²) >= 11 is 0. The number of amides is 1. The van der Waals surface area contributed by atoms with Gasteiger partial charge in [-0.3, -0.25) is 4.79 Å². The first-order valence-electron chi connectivity index (χ1n) is 8.83. The van der Waals surface area contributed by atoms with Crippen LogP contribution < -0.4 is 19.5 Å². The van der Waals surface area contributed by atoms with E-state index < -0.39 is 0 Å². The van der Waals surface area contributed by atoms with Crippen molar-refractivity contribution >= 4 is 5.91 Å². The number of hydrogen-bond donors (Lipinski definition) is 1. The average molecular weight is 355 g/mol. The minimum absolute atomic E-state index is 0.0303. The van der Waals surface area contributed by atoms with Gasteiger partial charge in [0, 0.05) is 5.56 Å². The lowest BCUT2D eigenvalue weighted by molar-refractivity contribution is -0.121. The van der Waals surface area contributed by atoms with Crippen LogP contribution in [0.4, 0.5) is 0 Å². The fourth-order valence-corrected chi connectivity index (χ4v) is 3.62. The standard InChI is InChI=1S/C21H25NO4/c1-24-18-12-11-15(20(25-2)21(18)26-3)13-19(23)22-17-10-6-8-14-7-4-5-9-16(14)17/h4-5,7,9,11-12,17H,6,8,10,13H2,1-3H3,(H,22,23)/t17-/m0/s1. The molecule has 0 unspecified atom stereocenters. The lowest BCUT2D eigenvalue weighted by Crippen LogP contribution is -2.32. The molecule has 0 aromatic heterocycles. The Hall–Kier alpha value is -2.69. The van der Waals surface area contributed by atoms with Crippen molar-refractivity contribution in [3.05, 3.63) is 53.1 Å². The Morgan fingerprint density at radius 3 is 2.54 bits per heavy atom. The Bertz CT molecular complexity index is 788. The van der Waals surface area contributed by atoms with E-state index in [4.69, 9.17) is 14.2 Å². The molecule has 0 bridgehead atoms. The minimum Gasteiger partial charge on any atom is -0.493 e. The summed E-state index contributed by atoms with van der Waals surface area (Å²) < 4.78 is 16.2. The highest BCUT2D eigenvalue weighted by Gasteiger charge is 2.23. The molecule has 1 atom stereocenters. The van der Waals surface area contributed by atoms with Crippen LogP contribution in [0.3, 0.4) is 0 Å². The number of benzene rings is 2. The summed E-state index contributed by atoms with van der Waals surface area (Å²) in [6.07, 6.45) is 3.35. The van der Waals surface area contributed by atoms with Gasteiger partial charge in [0.15, 0.2) is 11.5 Å². The number of carbonyl (C=O) groups excluding carboxylic acids is 1. The molecule has 1 aliphatic rings. The van der Waals surface area contributed by atoms with Gasteiger partial charge in [-0.25, -0.2) is 0 Å². The second-order valence-electron chi connectivity index (χ2n) is 6.38. The molecule has 26 heavy (non-hydrogen) atoms. The molecule has 1 N–H and O–H groups in total. The number of aryl methyl sites for hydroxylation is 1. The molecule has 3 rings (SSSR count). The molecular weight excluding hydrogens is 330 g/mol. The van der Waals surface area contributed by atoms with E-state index in [1.165, 1.54) is 11.1 Å². The number of hydrogen-bond acceptors (Lipinski definition) is 4. The normalized spacial score (nSPS) is 15.7. The summed E-state index contributed by atoms with van der Waals surface area (Å²) in [5, 5.41) is 3.17. The summed E-state index contributed by atoms with van der Waals surface area (Å²) in [4.78, 5) is 12.7. The third-order valence-corrected chi connectivity index (χ3v) is 4.84. The van der Waals surface area contributed by atoms with Gasteiger partial charge in [0.25, 0.3) is 0 Å². The van der Waals surface area contributed by atoms with E-state index in [2.05, 4.69) is 23.5 Å². The van der Waals surface area contributed by atoms with Gasteiger partial charge < -0.3 is 19.5 Å². The van der Waals surface area contributed by atoms with Crippen molar-refractivity contribution in [2.45, 2.75) is 31.7 Å². The second-order valence-corrected chi connectivity index (χ2v) is 6.38. The van der Waals surface area contributed by atoms with E-state index in [-0.39, 0.29) is 18.4 Å². The SMILES string of the molecule is COc1ccc(CC(=O)N[C@H]2CCCc3ccccc32)c(OC)c1OC. The lowest BCUT2D eigenvalue weighted by atomic mass is 9.87. The zero-order valence-corrected chi connectivity index (χ0v) is 15.5. The van der Waals surface area contributed by atoms with Crippen molar-refractivity contribution < 1.29 is 19.0 Å². The summed E-state index contributed by atoms with van der Waals surface area (Å²) in [6.45, 7) is 0. The molecule has 5 heteroatoms. The molecule has 0 spiro atoms. The van der Waals surface area contributed by atoms with Crippen molar-refractivity contribution in [3.63, 3.8) is 0 Å². The highest BCUT2D eigenvalue weighted by Crippen LogP contribution is 2.40. The fraction of sp³-hybridized carbons (Fsp3) is 0.381. The maximum absolute atomic E-state index is 12.7. The van der Waals surface area contributed by atoms with Crippen LogP contribution in [0.5, 0.6) is 17.2 Å². The van der Waals surface area contributed by atoms with Crippen LogP contribution in [0, 0.1) is 0 Å². The maximum atomic E-state index is 12.7.